The SMILES string of the molecule is Nc1ccnc2c1ccn2[C@H]1C[C@H](F)C(CO)O1. The number of aliphatic hydroxyl groups is 1. The van der Waals surface area contributed by atoms with Crippen LogP contribution < -0.4 is 5.73 Å². The molecule has 18 heavy (non-hydrogen) atoms. The van der Waals surface area contributed by atoms with Crippen LogP contribution in [0.15, 0.2) is 24.5 Å². The largest absolute Gasteiger partial charge is 0.398 e. The molecule has 1 aliphatic heterocycles. The third-order valence-electron chi connectivity index (χ3n) is 3.30. The van der Waals surface area contributed by atoms with Gasteiger partial charge in [0.25, 0.3) is 0 Å². The average molecular weight is 251 g/mol. The van der Waals surface area contributed by atoms with Gasteiger partial charge in [-0.15, -0.1) is 0 Å². The number of rotatable bonds is 2. The maximum absolute atomic E-state index is 13.6. The van der Waals surface area contributed by atoms with Gasteiger partial charge < -0.3 is 20.1 Å². The lowest BCUT2D eigenvalue weighted by atomic mass is 10.2. The lowest BCUT2D eigenvalue weighted by Gasteiger charge is -2.14. The Bertz CT molecular complexity index is 571. The van der Waals surface area contributed by atoms with Crippen molar-refractivity contribution in [2.75, 3.05) is 12.3 Å². The van der Waals surface area contributed by atoms with E-state index < -0.39 is 18.5 Å². The van der Waals surface area contributed by atoms with E-state index in [1.165, 1.54) is 0 Å². The summed E-state index contributed by atoms with van der Waals surface area (Å²) in [5, 5.41) is 9.82. The van der Waals surface area contributed by atoms with Crippen LogP contribution in [0, 0.1) is 0 Å². The molecule has 0 spiro atoms. The van der Waals surface area contributed by atoms with Crippen LogP contribution in [0.5, 0.6) is 0 Å². The van der Waals surface area contributed by atoms with E-state index in [1.807, 2.05) is 6.07 Å². The van der Waals surface area contributed by atoms with Gasteiger partial charge in [0.15, 0.2) is 0 Å². The molecule has 0 aromatic carbocycles. The molecule has 1 saturated heterocycles. The molecular formula is C12H14FN3O2. The number of alkyl halides is 1. The summed E-state index contributed by atoms with van der Waals surface area (Å²) in [7, 11) is 0. The molecule has 6 heteroatoms. The van der Waals surface area contributed by atoms with Gasteiger partial charge in [0.05, 0.1) is 6.61 Å². The smallest absolute Gasteiger partial charge is 0.144 e. The molecule has 3 heterocycles. The fourth-order valence-electron chi connectivity index (χ4n) is 2.33. The highest BCUT2D eigenvalue weighted by atomic mass is 19.1. The van der Waals surface area contributed by atoms with Gasteiger partial charge in [-0.05, 0) is 12.1 Å². The summed E-state index contributed by atoms with van der Waals surface area (Å²) < 4.78 is 20.8. The molecule has 0 aliphatic carbocycles. The van der Waals surface area contributed by atoms with Gasteiger partial charge in [-0.2, -0.15) is 0 Å². The number of nitrogens with two attached hydrogens (primary N) is 1. The molecule has 2 aromatic heterocycles. The molecule has 3 N–H and O–H groups in total. The van der Waals surface area contributed by atoms with Crippen LogP contribution in [0.4, 0.5) is 10.1 Å². The maximum atomic E-state index is 13.6. The zero-order valence-corrected chi connectivity index (χ0v) is 9.66. The van der Waals surface area contributed by atoms with Crippen LogP contribution in [0.2, 0.25) is 0 Å². The van der Waals surface area contributed by atoms with Gasteiger partial charge in [-0.3, -0.25) is 0 Å². The number of hydrogen-bond acceptors (Lipinski definition) is 4. The van der Waals surface area contributed by atoms with Gasteiger partial charge >= 0.3 is 0 Å². The fourth-order valence-corrected chi connectivity index (χ4v) is 2.33. The summed E-state index contributed by atoms with van der Waals surface area (Å²) in [6.45, 7) is -0.313. The highest BCUT2D eigenvalue weighted by Gasteiger charge is 2.36. The van der Waals surface area contributed by atoms with Crippen LogP contribution in [0.3, 0.4) is 0 Å². The van der Waals surface area contributed by atoms with Crippen molar-refractivity contribution >= 4 is 16.7 Å². The molecule has 2 aromatic rings. The van der Waals surface area contributed by atoms with Gasteiger partial charge in [-0.25, -0.2) is 9.37 Å². The van der Waals surface area contributed by atoms with Crippen molar-refractivity contribution in [3.8, 4) is 0 Å². The van der Waals surface area contributed by atoms with Gasteiger partial charge in [0, 0.05) is 29.9 Å². The first-order valence-corrected chi connectivity index (χ1v) is 5.82. The van der Waals surface area contributed by atoms with Crippen molar-refractivity contribution in [2.24, 2.45) is 0 Å². The average Bonchev–Trinajstić information content (AvgIpc) is 2.93. The summed E-state index contributed by atoms with van der Waals surface area (Å²) >= 11 is 0. The number of pyridine rings is 1. The van der Waals surface area contributed by atoms with E-state index in [1.54, 1.807) is 23.0 Å². The number of aliphatic hydroxyl groups excluding tert-OH is 1. The van der Waals surface area contributed by atoms with Crippen molar-refractivity contribution in [1.82, 2.24) is 9.55 Å². The number of nitrogen functional groups attached to an aromatic ring is 1. The molecular weight excluding hydrogens is 237 g/mol. The second kappa shape index (κ2) is 4.22. The number of halogens is 1. The normalized spacial score (nSPS) is 28.0. The third kappa shape index (κ3) is 1.65. The fraction of sp³-hybridized carbons (Fsp3) is 0.417. The summed E-state index contributed by atoms with van der Waals surface area (Å²) in [5.41, 5.74) is 7.14. The monoisotopic (exact) mass is 251 g/mol. The number of anilines is 1. The first kappa shape index (κ1) is 11.4. The van der Waals surface area contributed by atoms with Gasteiger partial charge in [0.1, 0.15) is 24.2 Å². The molecule has 1 fully saturated rings. The van der Waals surface area contributed by atoms with Crippen LogP contribution in [0.1, 0.15) is 12.6 Å². The predicted octanol–water partition coefficient (Wildman–Crippen LogP) is 1.24. The van der Waals surface area contributed by atoms with Crippen molar-refractivity contribution in [3.05, 3.63) is 24.5 Å². The van der Waals surface area contributed by atoms with Gasteiger partial charge in [0.2, 0.25) is 0 Å². The van der Waals surface area contributed by atoms with E-state index in [4.69, 9.17) is 15.6 Å². The Morgan fingerprint density at radius 2 is 2.39 bits per heavy atom. The molecule has 96 valence electrons. The zero-order valence-electron chi connectivity index (χ0n) is 9.66. The first-order valence-electron chi connectivity index (χ1n) is 5.82. The summed E-state index contributed by atoms with van der Waals surface area (Å²) in [5.74, 6) is 0. The quantitative estimate of drug-likeness (QED) is 0.842. The van der Waals surface area contributed by atoms with Crippen molar-refractivity contribution in [2.45, 2.75) is 24.9 Å². The minimum absolute atomic E-state index is 0.214. The molecule has 0 radical (unpaired) electrons. The molecule has 1 aliphatic rings. The third-order valence-corrected chi connectivity index (χ3v) is 3.30. The molecule has 0 amide bonds. The maximum Gasteiger partial charge on any atom is 0.144 e. The number of hydrogen-bond donors (Lipinski definition) is 2. The first-order chi connectivity index (χ1) is 8.70. The minimum Gasteiger partial charge on any atom is -0.398 e. The molecule has 0 bridgehead atoms. The van der Waals surface area contributed by atoms with Crippen molar-refractivity contribution in [3.63, 3.8) is 0 Å². The van der Waals surface area contributed by atoms with E-state index in [9.17, 15) is 4.39 Å². The van der Waals surface area contributed by atoms with E-state index in [0.29, 0.717) is 11.3 Å². The molecule has 1 unspecified atom stereocenters. The molecule has 3 rings (SSSR count). The minimum atomic E-state index is -1.15. The highest BCUT2D eigenvalue weighted by Crippen LogP contribution is 2.33. The number of fused-ring (bicyclic) bond motifs is 1. The molecule has 5 nitrogen and oxygen atoms in total. The summed E-state index contributed by atoms with van der Waals surface area (Å²) in [6.07, 6.45) is 1.26. The standard InChI is InChI=1S/C12H14FN3O2/c13-8-5-11(18-10(8)6-17)16-4-2-7-9(14)1-3-15-12(7)16/h1-4,8,10-11,17H,5-6H2,(H2,14,15)/t8-,10?,11+/m0/s1. The van der Waals surface area contributed by atoms with Crippen molar-refractivity contribution in [1.29, 1.82) is 0 Å². The van der Waals surface area contributed by atoms with Crippen LogP contribution in [-0.2, 0) is 4.74 Å². The summed E-state index contributed by atoms with van der Waals surface area (Å²) in [4.78, 5) is 4.24. The van der Waals surface area contributed by atoms with E-state index in [2.05, 4.69) is 4.98 Å². The Morgan fingerprint density at radius 3 is 3.11 bits per heavy atom. The lowest BCUT2D eigenvalue weighted by Crippen LogP contribution is -2.21. The molecule has 3 atom stereocenters. The second-order valence-electron chi connectivity index (χ2n) is 4.42. The Morgan fingerprint density at radius 1 is 1.56 bits per heavy atom. The van der Waals surface area contributed by atoms with Crippen molar-refractivity contribution < 1.29 is 14.2 Å². The van der Waals surface area contributed by atoms with Gasteiger partial charge in [-0.1, -0.05) is 0 Å². The highest BCUT2D eigenvalue weighted by molar-refractivity contribution is 5.88. The zero-order chi connectivity index (χ0) is 12.7. The number of ether oxygens (including phenoxy) is 1. The second-order valence-corrected chi connectivity index (χ2v) is 4.42. The van der Waals surface area contributed by atoms with E-state index >= 15 is 0 Å². The van der Waals surface area contributed by atoms with E-state index in [0.717, 1.165) is 5.39 Å². The Hall–Kier alpha value is -1.66. The van der Waals surface area contributed by atoms with Crippen LogP contribution >= 0.6 is 0 Å². The number of aromatic nitrogens is 2. The van der Waals surface area contributed by atoms with Crippen LogP contribution in [-0.4, -0.2) is 33.5 Å². The van der Waals surface area contributed by atoms with E-state index in [-0.39, 0.29) is 13.0 Å². The summed E-state index contributed by atoms with van der Waals surface area (Å²) in [6, 6.07) is 3.55. The Balaban J connectivity index is 1.99. The molecule has 0 saturated carbocycles. The Labute approximate surface area is 103 Å². The number of nitrogens with zero attached hydrogens (tertiary/aromatic N) is 2. The predicted molar refractivity (Wildman–Crippen MR) is 64.7 cm³/mol. The lowest BCUT2D eigenvalue weighted by molar-refractivity contribution is -0.0321. The topological polar surface area (TPSA) is 73.3 Å². The van der Waals surface area contributed by atoms with Crippen LogP contribution in [0.25, 0.3) is 11.0 Å². The Kier molecular flexibility index (Phi) is 2.68.